The van der Waals surface area contributed by atoms with Crippen LogP contribution < -0.4 is 10.6 Å². The first-order chi connectivity index (χ1) is 10.1. The van der Waals surface area contributed by atoms with E-state index >= 15 is 0 Å². The van der Waals surface area contributed by atoms with E-state index in [1.54, 1.807) is 17.4 Å². The molecule has 0 fully saturated rings. The average molecular weight is 325 g/mol. The molecule has 0 unspecified atom stereocenters. The summed E-state index contributed by atoms with van der Waals surface area (Å²) in [5.74, 6) is -1.14. The summed E-state index contributed by atoms with van der Waals surface area (Å²) >= 11 is 7.37. The van der Waals surface area contributed by atoms with Crippen LogP contribution in [0.3, 0.4) is 0 Å². The fourth-order valence-electron chi connectivity index (χ4n) is 1.70. The Labute approximate surface area is 130 Å². The van der Waals surface area contributed by atoms with Crippen molar-refractivity contribution < 1.29 is 14.7 Å². The highest BCUT2D eigenvalue weighted by Gasteiger charge is 2.10. The highest BCUT2D eigenvalue weighted by Crippen LogP contribution is 2.20. The van der Waals surface area contributed by atoms with Crippen LogP contribution in [0, 0.1) is 0 Å². The molecule has 0 atom stereocenters. The molecule has 2 aromatic rings. The van der Waals surface area contributed by atoms with E-state index in [1.807, 2.05) is 16.8 Å². The molecule has 0 aliphatic heterocycles. The van der Waals surface area contributed by atoms with Crippen LogP contribution in [0.1, 0.15) is 15.9 Å². The first-order valence-electron chi connectivity index (χ1n) is 6.15. The second-order valence-electron chi connectivity index (χ2n) is 4.26. The summed E-state index contributed by atoms with van der Waals surface area (Å²) in [4.78, 5) is 22.7. The molecule has 21 heavy (non-hydrogen) atoms. The molecule has 3 N–H and O–H groups in total. The monoisotopic (exact) mass is 324 g/mol. The first-order valence-corrected chi connectivity index (χ1v) is 7.47. The molecule has 0 radical (unpaired) electrons. The van der Waals surface area contributed by atoms with Gasteiger partial charge in [0.15, 0.2) is 0 Å². The van der Waals surface area contributed by atoms with Gasteiger partial charge in [0.05, 0.1) is 10.6 Å². The number of carboxylic acid groups (broad SMARTS) is 1. The van der Waals surface area contributed by atoms with Gasteiger partial charge in [-0.2, -0.15) is 11.3 Å². The van der Waals surface area contributed by atoms with Gasteiger partial charge in [0.1, 0.15) is 0 Å². The van der Waals surface area contributed by atoms with Crippen LogP contribution >= 0.6 is 22.9 Å². The van der Waals surface area contributed by atoms with E-state index in [0.29, 0.717) is 12.2 Å². The van der Waals surface area contributed by atoms with Crippen LogP contribution in [0.4, 0.5) is 10.5 Å². The normalized spacial score (nSPS) is 10.1. The average Bonchev–Trinajstić information content (AvgIpc) is 2.94. The van der Waals surface area contributed by atoms with Crippen LogP contribution in [0.15, 0.2) is 35.0 Å². The zero-order valence-electron chi connectivity index (χ0n) is 10.9. The van der Waals surface area contributed by atoms with Crippen molar-refractivity contribution in [2.24, 2.45) is 0 Å². The Morgan fingerprint density at radius 1 is 1.29 bits per heavy atom. The molecule has 7 heteroatoms. The molecule has 0 bridgehead atoms. The fraction of sp³-hybridized carbons (Fsp3) is 0.143. The largest absolute Gasteiger partial charge is 0.478 e. The molecule has 0 aliphatic carbocycles. The van der Waals surface area contributed by atoms with Crippen LogP contribution in [0.2, 0.25) is 5.02 Å². The van der Waals surface area contributed by atoms with Crippen molar-refractivity contribution >= 4 is 40.6 Å². The molecular weight excluding hydrogens is 312 g/mol. The standard InChI is InChI=1S/C14H13ClN2O3S/c15-12-2-1-10(7-11(12)13(18)19)17-14(20)16-5-3-9-4-6-21-8-9/h1-2,4,6-8H,3,5H2,(H,18,19)(H2,16,17,20). The van der Waals surface area contributed by atoms with Crippen molar-refractivity contribution in [2.45, 2.75) is 6.42 Å². The van der Waals surface area contributed by atoms with Gasteiger partial charge in [-0.25, -0.2) is 9.59 Å². The van der Waals surface area contributed by atoms with E-state index in [-0.39, 0.29) is 16.6 Å². The number of carboxylic acids is 1. The van der Waals surface area contributed by atoms with Gasteiger partial charge in [0.2, 0.25) is 0 Å². The second kappa shape index (κ2) is 7.10. The Hall–Kier alpha value is -2.05. The molecule has 0 spiro atoms. The number of hydrogen-bond donors (Lipinski definition) is 3. The number of carbonyl (C=O) groups excluding carboxylic acids is 1. The zero-order valence-corrected chi connectivity index (χ0v) is 12.5. The van der Waals surface area contributed by atoms with Crippen molar-refractivity contribution in [2.75, 3.05) is 11.9 Å². The Morgan fingerprint density at radius 2 is 2.10 bits per heavy atom. The minimum absolute atomic E-state index is 0.0484. The van der Waals surface area contributed by atoms with Crippen molar-refractivity contribution in [1.29, 1.82) is 0 Å². The number of nitrogens with one attached hydrogen (secondary N) is 2. The molecule has 1 aromatic carbocycles. The van der Waals surface area contributed by atoms with Gasteiger partial charge in [0.25, 0.3) is 0 Å². The molecule has 2 amide bonds. The third-order valence-electron chi connectivity index (χ3n) is 2.73. The lowest BCUT2D eigenvalue weighted by atomic mass is 10.2. The maximum Gasteiger partial charge on any atom is 0.337 e. The third-order valence-corrected chi connectivity index (χ3v) is 3.80. The SMILES string of the molecule is O=C(NCCc1ccsc1)Nc1ccc(Cl)c(C(=O)O)c1. The van der Waals surface area contributed by atoms with Crippen molar-refractivity contribution in [3.8, 4) is 0 Å². The van der Waals surface area contributed by atoms with E-state index in [2.05, 4.69) is 10.6 Å². The number of thiophene rings is 1. The number of anilines is 1. The summed E-state index contributed by atoms with van der Waals surface area (Å²) in [6.45, 7) is 0.502. The highest BCUT2D eigenvalue weighted by molar-refractivity contribution is 7.07. The first kappa shape index (κ1) is 15.3. The number of aromatic carboxylic acids is 1. The maximum absolute atomic E-state index is 11.7. The smallest absolute Gasteiger partial charge is 0.337 e. The Morgan fingerprint density at radius 3 is 2.76 bits per heavy atom. The number of carbonyl (C=O) groups is 2. The lowest BCUT2D eigenvalue weighted by Crippen LogP contribution is -2.30. The van der Waals surface area contributed by atoms with Gasteiger partial charge in [-0.3, -0.25) is 0 Å². The molecule has 110 valence electrons. The van der Waals surface area contributed by atoms with E-state index in [0.717, 1.165) is 6.42 Å². The Kier molecular flexibility index (Phi) is 5.19. The van der Waals surface area contributed by atoms with Crippen LogP contribution in [0.25, 0.3) is 0 Å². The number of rotatable bonds is 5. The quantitative estimate of drug-likeness (QED) is 0.788. The summed E-state index contributed by atoms with van der Waals surface area (Å²) in [6, 6.07) is 5.93. The Bertz CT molecular complexity index is 644. The van der Waals surface area contributed by atoms with Gasteiger partial charge in [-0.15, -0.1) is 0 Å². The molecule has 1 aromatic heterocycles. The molecule has 1 heterocycles. The maximum atomic E-state index is 11.7. The van der Waals surface area contributed by atoms with E-state index in [1.165, 1.54) is 17.7 Å². The minimum atomic E-state index is -1.14. The van der Waals surface area contributed by atoms with Gasteiger partial charge in [-0.1, -0.05) is 11.6 Å². The number of urea groups is 1. The predicted molar refractivity (Wildman–Crippen MR) is 83.5 cm³/mol. The summed E-state index contributed by atoms with van der Waals surface area (Å²) in [6.07, 6.45) is 0.748. The Balaban J connectivity index is 1.87. The lowest BCUT2D eigenvalue weighted by Gasteiger charge is -2.08. The second-order valence-corrected chi connectivity index (χ2v) is 5.45. The van der Waals surface area contributed by atoms with Crippen LogP contribution in [-0.4, -0.2) is 23.7 Å². The highest BCUT2D eigenvalue weighted by atomic mass is 35.5. The molecular formula is C14H13ClN2O3S. The zero-order chi connectivity index (χ0) is 15.2. The third kappa shape index (κ3) is 4.47. The van der Waals surface area contributed by atoms with Gasteiger partial charge < -0.3 is 15.7 Å². The number of amides is 2. The summed E-state index contributed by atoms with van der Waals surface area (Å²) in [5, 5.41) is 18.4. The molecule has 0 aliphatic rings. The van der Waals surface area contributed by atoms with Crippen molar-refractivity contribution in [3.05, 3.63) is 51.2 Å². The molecule has 2 rings (SSSR count). The van der Waals surface area contributed by atoms with E-state index in [4.69, 9.17) is 16.7 Å². The molecule has 0 saturated carbocycles. The van der Waals surface area contributed by atoms with Crippen LogP contribution in [-0.2, 0) is 6.42 Å². The predicted octanol–water partition coefficient (Wildman–Crippen LogP) is 3.46. The lowest BCUT2D eigenvalue weighted by molar-refractivity contribution is 0.0697. The van der Waals surface area contributed by atoms with Gasteiger partial charge >= 0.3 is 12.0 Å². The molecule has 0 saturated heterocycles. The summed E-state index contributed by atoms with van der Waals surface area (Å²) in [7, 11) is 0. The van der Waals surface area contributed by atoms with E-state index in [9.17, 15) is 9.59 Å². The fourth-order valence-corrected chi connectivity index (χ4v) is 2.60. The topological polar surface area (TPSA) is 78.4 Å². The molecule has 5 nitrogen and oxygen atoms in total. The van der Waals surface area contributed by atoms with E-state index < -0.39 is 5.97 Å². The van der Waals surface area contributed by atoms with Crippen LogP contribution in [0.5, 0.6) is 0 Å². The number of hydrogen-bond acceptors (Lipinski definition) is 3. The van der Waals surface area contributed by atoms with Gasteiger partial charge in [-0.05, 0) is 47.0 Å². The number of halogens is 1. The summed E-state index contributed by atoms with van der Waals surface area (Å²) in [5.41, 5.74) is 1.50. The number of benzene rings is 1. The van der Waals surface area contributed by atoms with Crippen molar-refractivity contribution in [1.82, 2.24) is 5.32 Å². The summed E-state index contributed by atoms with van der Waals surface area (Å²) < 4.78 is 0. The minimum Gasteiger partial charge on any atom is -0.478 e. The van der Waals surface area contributed by atoms with Gasteiger partial charge in [0, 0.05) is 12.2 Å². The van der Waals surface area contributed by atoms with Crippen molar-refractivity contribution in [3.63, 3.8) is 0 Å².